The fourth-order valence-corrected chi connectivity index (χ4v) is 3.41. The highest BCUT2D eigenvalue weighted by Gasteiger charge is 2.47. The lowest BCUT2D eigenvalue weighted by Gasteiger charge is -2.29. The summed E-state index contributed by atoms with van der Waals surface area (Å²) >= 11 is 0. The van der Waals surface area contributed by atoms with E-state index in [4.69, 9.17) is 9.47 Å². The van der Waals surface area contributed by atoms with Crippen molar-refractivity contribution in [2.75, 3.05) is 7.11 Å². The first-order chi connectivity index (χ1) is 8.74. The van der Waals surface area contributed by atoms with Gasteiger partial charge in [0.05, 0.1) is 13.7 Å². The lowest BCUT2D eigenvalue weighted by atomic mass is 9.97. The molecule has 0 saturated heterocycles. The van der Waals surface area contributed by atoms with Gasteiger partial charge in [-0.2, -0.15) is 0 Å². The maximum absolute atomic E-state index is 9.22. The number of fused-ring (bicyclic) bond motifs is 2. The van der Waals surface area contributed by atoms with Gasteiger partial charge in [-0.1, -0.05) is 6.07 Å². The number of rotatable bonds is 4. The molecule has 1 N–H and O–H groups in total. The maximum atomic E-state index is 9.22. The monoisotopic (exact) mass is 248 g/mol. The Balaban J connectivity index is 1.86. The molecule has 0 aromatic heterocycles. The van der Waals surface area contributed by atoms with Gasteiger partial charge in [0.25, 0.3) is 0 Å². The number of hydrogen-bond donors (Lipinski definition) is 1. The molecule has 2 saturated carbocycles. The van der Waals surface area contributed by atoms with E-state index in [0.717, 1.165) is 35.8 Å². The zero-order chi connectivity index (χ0) is 12.6. The molecule has 1 aromatic carbocycles. The lowest BCUT2D eigenvalue weighted by molar-refractivity contribution is 0.0764. The fraction of sp³-hybridized carbons (Fsp3) is 0.600. The van der Waals surface area contributed by atoms with Crippen molar-refractivity contribution >= 4 is 0 Å². The molecule has 0 aliphatic heterocycles. The summed E-state index contributed by atoms with van der Waals surface area (Å²) < 4.78 is 11.6. The highest BCUT2D eigenvalue weighted by molar-refractivity contribution is 5.43. The molecule has 1 aromatic rings. The van der Waals surface area contributed by atoms with E-state index in [-0.39, 0.29) is 12.2 Å². The van der Waals surface area contributed by atoms with Crippen molar-refractivity contribution in [3.8, 4) is 11.5 Å². The van der Waals surface area contributed by atoms with Crippen LogP contribution in [-0.2, 0) is 6.61 Å². The van der Waals surface area contributed by atoms with Gasteiger partial charge in [-0.25, -0.2) is 0 Å². The fourth-order valence-electron chi connectivity index (χ4n) is 3.41. The van der Waals surface area contributed by atoms with Gasteiger partial charge < -0.3 is 14.6 Å². The minimum absolute atomic E-state index is 0.0338. The third-order valence-corrected chi connectivity index (χ3v) is 4.41. The summed E-state index contributed by atoms with van der Waals surface area (Å²) in [5, 5.41) is 9.22. The molecular weight excluding hydrogens is 228 g/mol. The molecule has 2 aliphatic rings. The molecular formula is C15H20O3. The number of ether oxygens (including phenoxy) is 2. The van der Waals surface area contributed by atoms with Crippen LogP contribution >= 0.6 is 0 Å². The minimum Gasteiger partial charge on any atom is -0.493 e. The second kappa shape index (κ2) is 4.47. The number of methoxy groups -OCH3 is 1. The Morgan fingerprint density at radius 1 is 1.28 bits per heavy atom. The topological polar surface area (TPSA) is 38.7 Å². The van der Waals surface area contributed by atoms with Gasteiger partial charge in [0, 0.05) is 0 Å². The van der Waals surface area contributed by atoms with Crippen LogP contribution in [-0.4, -0.2) is 17.8 Å². The molecule has 3 heteroatoms. The van der Waals surface area contributed by atoms with Crippen LogP contribution in [0.3, 0.4) is 0 Å². The van der Waals surface area contributed by atoms with Crippen molar-refractivity contribution in [2.45, 2.75) is 44.3 Å². The summed E-state index contributed by atoms with van der Waals surface area (Å²) in [6, 6.07) is 5.65. The van der Waals surface area contributed by atoms with E-state index in [9.17, 15) is 5.11 Å². The number of hydrogen-bond acceptors (Lipinski definition) is 3. The van der Waals surface area contributed by atoms with Crippen LogP contribution in [0, 0.1) is 5.92 Å². The normalized spacial score (nSPS) is 29.6. The highest BCUT2D eigenvalue weighted by Crippen LogP contribution is 2.51. The van der Waals surface area contributed by atoms with Crippen LogP contribution in [0.15, 0.2) is 18.2 Å². The van der Waals surface area contributed by atoms with E-state index >= 15 is 0 Å². The Kier molecular flexibility index (Phi) is 2.94. The molecule has 2 fully saturated rings. The first-order valence-corrected chi connectivity index (χ1v) is 6.71. The van der Waals surface area contributed by atoms with E-state index in [1.165, 1.54) is 19.3 Å². The molecule has 0 atom stereocenters. The first-order valence-electron chi connectivity index (χ1n) is 6.71. The van der Waals surface area contributed by atoms with Crippen molar-refractivity contribution in [3.63, 3.8) is 0 Å². The molecule has 0 radical (unpaired) electrons. The molecule has 2 aliphatic carbocycles. The highest BCUT2D eigenvalue weighted by atomic mass is 16.5. The first kappa shape index (κ1) is 11.8. The summed E-state index contributed by atoms with van der Waals surface area (Å²) in [6.45, 7) is 0.0377. The Morgan fingerprint density at radius 3 is 2.61 bits per heavy atom. The van der Waals surface area contributed by atoms with E-state index in [2.05, 4.69) is 0 Å². The zero-order valence-electron chi connectivity index (χ0n) is 10.8. The SMILES string of the molecule is COc1ccc(CO)cc1OC12CCC(CC1)C2. The molecule has 18 heavy (non-hydrogen) atoms. The molecule has 0 amide bonds. The molecule has 98 valence electrons. The van der Waals surface area contributed by atoms with Gasteiger partial charge in [-0.05, 0) is 55.7 Å². The van der Waals surface area contributed by atoms with Crippen molar-refractivity contribution in [1.29, 1.82) is 0 Å². The molecule has 0 heterocycles. The van der Waals surface area contributed by atoms with E-state index in [1.807, 2.05) is 18.2 Å². The number of aliphatic hydroxyl groups is 1. The van der Waals surface area contributed by atoms with Gasteiger partial charge in [0.1, 0.15) is 5.60 Å². The third-order valence-electron chi connectivity index (χ3n) is 4.41. The Morgan fingerprint density at radius 2 is 2.06 bits per heavy atom. The number of benzene rings is 1. The second-order valence-electron chi connectivity index (χ2n) is 5.58. The maximum Gasteiger partial charge on any atom is 0.162 e. The third kappa shape index (κ3) is 1.97. The van der Waals surface area contributed by atoms with Crippen molar-refractivity contribution in [2.24, 2.45) is 5.92 Å². The van der Waals surface area contributed by atoms with Crippen molar-refractivity contribution in [1.82, 2.24) is 0 Å². The van der Waals surface area contributed by atoms with Gasteiger partial charge in [0.2, 0.25) is 0 Å². The summed E-state index contributed by atoms with van der Waals surface area (Å²) in [4.78, 5) is 0. The predicted octanol–water partition coefficient (Wildman–Crippen LogP) is 2.90. The summed E-state index contributed by atoms with van der Waals surface area (Å²) in [6.07, 6.45) is 6.08. The molecule has 3 nitrogen and oxygen atoms in total. The van der Waals surface area contributed by atoms with E-state index in [0.29, 0.717) is 0 Å². The van der Waals surface area contributed by atoms with Crippen LogP contribution in [0.25, 0.3) is 0 Å². The molecule has 2 bridgehead atoms. The van der Waals surface area contributed by atoms with Crippen LogP contribution in [0.5, 0.6) is 11.5 Å². The largest absolute Gasteiger partial charge is 0.493 e. The Labute approximate surface area is 108 Å². The van der Waals surface area contributed by atoms with Crippen LogP contribution in [0.4, 0.5) is 0 Å². The summed E-state index contributed by atoms with van der Waals surface area (Å²) in [7, 11) is 1.66. The molecule has 3 rings (SSSR count). The summed E-state index contributed by atoms with van der Waals surface area (Å²) in [5.41, 5.74) is 0.904. The zero-order valence-corrected chi connectivity index (χ0v) is 10.8. The average Bonchev–Trinajstić information content (AvgIpc) is 2.98. The Hall–Kier alpha value is -1.22. The smallest absolute Gasteiger partial charge is 0.162 e. The van der Waals surface area contributed by atoms with E-state index < -0.39 is 0 Å². The second-order valence-corrected chi connectivity index (χ2v) is 5.58. The quantitative estimate of drug-likeness (QED) is 0.890. The molecule has 0 spiro atoms. The number of aliphatic hydroxyl groups excluding tert-OH is 1. The van der Waals surface area contributed by atoms with Crippen LogP contribution < -0.4 is 9.47 Å². The van der Waals surface area contributed by atoms with E-state index in [1.54, 1.807) is 7.11 Å². The van der Waals surface area contributed by atoms with Crippen molar-refractivity contribution < 1.29 is 14.6 Å². The van der Waals surface area contributed by atoms with Crippen LogP contribution in [0.2, 0.25) is 0 Å². The lowest BCUT2D eigenvalue weighted by Crippen LogP contribution is -2.30. The standard InChI is InChI=1S/C15H20O3/c1-17-13-3-2-12(10-16)8-14(13)18-15-6-4-11(9-15)5-7-15/h2-3,8,11,16H,4-7,9-10H2,1H3. The minimum atomic E-state index is 0.0338. The average molecular weight is 248 g/mol. The van der Waals surface area contributed by atoms with Crippen LogP contribution in [0.1, 0.15) is 37.7 Å². The van der Waals surface area contributed by atoms with Gasteiger partial charge in [-0.3, -0.25) is 0 Å². The molecule has 0 unspecified atom stereocenters. The summed E-state index contributed by atoms with van der Waals surface area (Å²) in [5.74, 6) is 2.40. The van der Waals surface area contributed by atoms with Gasteiger partial charge in [-0.15, -0.1) is 0 Å². The Bertz CT molecular complexity index is 433. The predicted molar refractivity (Wildman–Crippen MR) is 68.9 cm³/mol. The van der Waals surface area contributed by atoms with Crippen molar-refractivity contribution in [3.05, 3.63) is 23.8 Å². The van der Waals surface area contributed by atoms with Gasteiger partial charge in [0.15, 0.2) is 11.5 Å². The van der Waals surface area contributed by atoms with Gasteiger partial charge >= 0.3 is 0 Å².